The van der Waals surface area contributed by atoms with Crippen LogP contribution in [0.15, 0.2) is 53.7 Å². The summed E-state index contributed by atoms with van der Waals surface area (Å²) in [4.78, 5) is 12.1. The summed E-state index contributed by atoms with van der Waals surface area (Å²) in [6.45, 7) is 2.08. The Morgan fingerprint density at radius 1 is 1.10 bits per heavy atom. The molecule has 2 aromatic carbocycles. The van der Waals surface area contributed by atoms with E-state index in [0.717, 1.165) is 12.1 Å². The van der Waals surface area contributed by atoms with Crippen LogP contribution in [0, 0.1) is 0 Å². The van der Waals surface area contributed by atoms with E-state index in [-0.39, 0.29) is 11.7 Å². The van der Waals surface area contributed by atoms with E-state index < -0.39 is 0 Å². The van der Waals surface area contributed by atoms with Gasteiger partial charge in [-0.1, -0.05) is 36.3 Å². The van der Waals surface area contributed by atoms with E-state index in [2.05, 4.69) is 17.4 Å². The number of amidine groups is 1. The number of nitrogens with zero attached hydrogens (tertiary/aromatic N) is 1. The Bertz CT molecular complexity index is 646. The minimum atomic E-state index is -0.203. The lowest BCUT2D eigenvalue weighted by molar-refractivity contribution is 0.102. The molecule has 0 saturated heterocycles. The van der Waals surface area contributed by atoms with Crippen molar-refractivity contribution >= 4 is 17.4 Å². The molecule has 0 aliphatic heterocycles. The summed E-state index contributed by atoms with van der Waals surface area (Å²) in [5, 5.41) is 14.3. The molecule has 108 valence electrons. The van der Waals surface area contributed by atoms with E-state index >= 15 is 0 Å². The zero-order chi connectivity index (χ0) is 15.2. The number of rotatable bonds is 4. The first-order valence-corrected chi connectivity index (χ1v) is 6.62. The molecular weight excluding hydrogens is 266 g/mol. The quantitative estimate of drug-likeness (QED) is 0.349. The molecule has 4 N–H and O–H groups in total. The van der Waals surface area contributed by atoms with Crippen molar-refractivity contribution in [2.45, 2.75) is 13.3 Å². The lowest BCUT2D eigenvalue weighted by Gasteiger charge is -2.07. The molecule has 0 unspecified atom stereocenters. The summed E-state index contributed by atoms with van der Waals surface area (Å²) in [5.74, 6) is -0.192. The number of benzene rings is 2. The Balaban J connectivity index is 2.09. The molecule has 0 fully saturated rings. The van der Waals surface area contributed by atoms with E-state index in [4.69, 9.17) is 10.9 Å². The van der Waals surface area contributed by atoms with Crippen LogP contribution in [0.25, 0.3) is 0 Å². The molecule has 0 spiro atoms. The van der Waals surface area contributed by atoms with E-state index in [1.54, 1.807) is 24.3 Å². The Labute approximate surface area is 123 Å². The standard InChI is InChI=1S/C16H17N3O2/c1-2-11-3-9-14(10-4-11)18-16(20)13-7-5-12(6-8-13)15(17)19-21/h3-10,21H,2H2,1H3,(H2,17,19)(H,18,20). The van der Waals surface area contributed by atoms with Crippen molar-refractivity contribution in [3.8, 4) is 0 Å². The van der Waals surface area contributed by atoms with Crippen LogP contribution in [0.5, 0.6) is 0 Å². The predicted octanol–water partition coefficient (Wildman–Crippen LogP) is 2.60. The van der Waals surface area contributed by atoms with Gasteiger partial charge in [0.2, 0.25) is 0 Å². The van der Waals surface area contributed by atoms with Gasteiger partial charge in [0, 0.05) is 16.8 Å². The first kappa shape index (κ1) is 14.6. The van der Waals surface area contributed by atoms with Crippen molar-refractivity contribution in [1.82, 2.24) is 0 Å². The summed E-state index contributed by atoms with van der Waals surface area (Å²) >= 11 is 0. The molecule has 0 radical (unpaired) electrons. The van der Waals surface area contributed by atoms with Gasteiger partial charge in [0.15, 0.2) is 5.84 Å². The molecule has 0 heterocycles. The van der Waals surface area contributed by atoms with Crippen LogP contribution < -0.4 is 11.1 Å². The Morgan fingerprint density at radius 3 is 2.19 bits per heavy atom. The van der Waals surface area contributed by atoms with Gasteiger partial charge < -0.3 is 16.3 Å². The second-order valence-corrected chi connectivity index (χ2v) is 4.57. The second-order valence-electron chi connectivity index (χ2n) is 4.57. The predicted molar refractivity (Wildman–Crippen MR) is 82.7 cm³/mol. The number of hydrogen-bond donors (Lipinski definition) is 3. The lowest BCUT2D eigenvalue weighted by Crippen LogP contribution is -2.15. The van der Waals surface area contributed by atoms with E-state index in [1.807, 2.05) is 24.3 Å². The van der Waals surface area contributed by atoms with Gasteiger partial charge in [0.1, 0.15) is 0 Å². The van der Waals surface area contributed by atoms with Gasteiger partial charge in [-0.15, -0.1) is 0 Å². The average Bonchev–Trinajstić information content (AvgIpc) is 2.55. The van der Waals surface area contributed by atoms with Gasteiger partial charge >= 0.3 is 0 Å². The molecule has 5 nitrogen and oxygen atoms in total. The van der Waals surface area contributed by atoms with Crippen LogP contribution in [0.4, 0.5) is 5.69 Å². The van der Waals surface area contributed by atoms with Crippen LogP contribution in [-0.2, 0) is 6.42 Å². The molecule has 0 aliphatic carbocycles. The SMILES string of the molecule is CCc1ccc(NC(=O)c2ccc(/C(N)=N/O)cc2)cc1. The number of anilines is 1. The van der Waals surface area contributed by atoms with Crippen molar-refractivity contribution < 1.29 is 10.0 Å². The fourth-order valence-electron chi connectivity index (χ4n) is 1.88. The first-order valence-electron chi connectivity index (χ1n) is 6.62. The van der Waals surface area contributed by atoms with Gasteiger partial charge in [-0.05, 0) is 36.2 Å². The molecule has 1 amide bonds. The van der Waals surface area contributed by atoms with Crippen molar-refractivity contribution in [2.24, 2.45) is 10.9 Å². The van der Waals surface area contributed by atoms with Crippen LogP contribution in [0.2, 0.25) is 0 Å². The maximum atomic E-state index is 12.1. The zero-order valence-corrected chi connectivity index (χ0v) is 11.7. The first-order chi connectivity index (χ1) is 10.1. The topological polar surface area (TPSA) is 87.7 Å². The smallest absolute Gasteiger partial charge is 0.255 e. The molecule has 2 rings (SSSR count). The number of amides is 1. The normalized spacial score (nSPS) is 11.2. The van der Waals surface area contributed by atoms with E-state index in [9.17, 15) is 4.79 Å². The fraction of sp³-hybridized carbons (Fsp3) is 0.125. The third-order valence-electron chi connectivity index (χ3n) is 3.17. The highest BCUT2D eigenvalue weighted by Crippen LogP contribution is 2.12. The van der Waals surface area contributed by atoms with Crippen LogP contribution in [-0.4, -0.2) is 17.0 Å². The van der Waals surface area contributed by atoms with Gasteiger partial charge in [0.25, 0.3) is 5.91 Å². The molecule has 5 heteroatoms. The Hall–Kier alpha value is -2.82. The van der Waals surface area contributed by atoms with Gasteiger partial charge in [-0.25, -0.2) is 0 Å². The van der Waals surface area contributed by atoms with Crippen molar-refractivity contribution in [2.75, 3.05) is 5.32 Å². The highest BCUT2D eigenvalue weighted by molar-refractivity contribution is 6.05. The molecule has 0 saturated carbocycles. The minimum absolute atomic E-state index is 0.0112. The maximum Gasteiger partial charge on any atom is 0.255 e. The van der Waals surface area contributed by atoms with Crippen LogP contribution in [0.3, 0.4) is 0 Å². The molecule has 0 atom stereocenters. The minimum Gasteiger partial charge on any atom is -0.409 e. The molecular formula is C16H17N3O2. The van der Waals surface area contributed by atoms with Gasteiger partial charge in [-0.3, -0.25) is 4.79 Å². The number of nitrogens with two attached hydrogens (primary N) is 1. The largest absolute Gasteiger partial charge is 0.409 e. The van der Waals surface area contributed by atoms with E-state index in [0.29, 0.717) is 11.1 Å². The number of hydrogen-bond acceptors (Lipinski definition) is 3. The third-order valence-corrected chi connectivity index (χ3v) is 3.17. The summed E-state index contributed by atoms with van der Waals surface area (Å²) in [7, 11) is 0. The molecule has 0 aromatic heterocycles. The Kier molecular flexibility index (Phi) is 4.56. The van der Waals surface area contributed by atoms with Crippen LogP contribution >= 0.6 is 0 Å². The summed E-state index contributed by atoms with van der Waals surface area (Å²) in [6, 6.07) is 14.2. The molecule has 2 aromatic rings. The van der Waals surface area contributed by atoms with E-state index in [1.165, 1.54) is 5.56 Å². The number of nitrogens with one attached hydrogen (secondary N) is 1. The van der Waals surface area contributed by atoms with Crippen molar-refractivity contribution in [3.05, 3.63) is 65.2 Å². The van der Waals surface area contributed by atoms with Crippen molar-refractivity contribution in [1.29, 1.82) is 0 Å². The summed E-state index contributed by atoms with van der Waals surface area (Å²) < 4.78 is 0. The van der Waals surface area contributed by atoms with Gasteiger partial charge in [0.05, 0.1) is 0 Å². The number of carbonyl (C=O) groups excluding carboxylic acids is 1. The highest BCUT2D eigenvalue weighted by Gasteiger charge is 2.07. The summed E-state index contributed by atoms with van der Waals surface area (Å²) in [6.07, 6.45) is 0.962. The van der Waals surface area contributed by atoms with Crippen molar-refractivity contribution in [3.63, 3.8) is 0 Å². The maximum absolute atomic E-state index is 12.1. The molecule has 21 heavy (non-hydrogen) atoms. The summed E-state index contributed by atoms with van der Waals surface area (Å²) in [5.41, 5.74) is 8.50. The van der Waals surface area contributed by atoms with Crippen LogP contribution in [0.1, 0.15) is 28.4 Å². The molecule has 0 aliphatic rings. The van der Waals surface area contributed by atoms with Gasteiger partial charge in [-0.2, -0.15) is 0 Å². The number of carbonyl (C=O) groups is 1. The average molecular weight is 283 g/mol. The monoisotopic (exact) mass is 283 g/mol. The molecule has 0 bridgehead atoms. The second kappa shape index (κ2) is 6.56. The Morgan fingerprint density at radius 2 is 1.67 bits per heavy atom. The fourth-order valence-corrected chi connectivity index (χ4v) is 1.88. The highest BCUT2D eigenvalue weighted by atomic mass is 16.4. The third kappa shape index (κ3) is 3.60. The number of aryl methyl sites for hydroxylation is 1. The lowest BCUT2D eigenvalue weighted by atomic mass is 10.1. The zero-order valence-electron chi connectivity index (χ0n) is 11.7. The number of oxime groups is 1.